The molecule has 0 bridgehead atoms. The van der Waals surface area contributed by atoms with Gasteiger partial charge in [0.05, 0.1) is 15.7 Å². The molecule has 0 radical (unpaired) electrons. The molecule has 2 N–H and O–H groups in total. The first-order valence-corrected chi connectivity index (χ1v) is 7.36. The van der Waals surface area contributed by atoms with Gasteiger partial charge in [0, 0.05) is 28.5 Å². The fourth-order valence-corrected chi connectivity index (χ4v) is 2.88. The number of rotatable bonds is 5. The summed E-state index contributed by atoms with van der Waals surface area (Å²) in [4.78, 5) is 10.7. The van der Waals surface area contributed by atoms with Crippen LogP contribution in [-0.4, -0.2) is 14.9 Å². The average Bonchev–Trinajstić information content (AvgIpc) is 2.46. The van der Waals surface area contributed by atoms with Gasteiger partial charge in [0.2, 0.25) is 0 Å². The standard InChI is InChI=1S/C14H14N2O3S/c15-14-4-2-1-3-11(14)9-10-20(19)13-7-5-12(6-8-13)16(17)18/h1-8H,9-10,15H2. The minimum absolute atomic E-state index is 0.00180. The SMILES string of the molecule is Nc1ccccc1CCS(=O)c1ccc([N+](=O)[O-])cc1. The van der Waals surface area contributed by atoms with Gasteiger partial charge in [-0.2, -0.15) is 0 Å². The number of anilines is 1. The number of para-hydroxylation sites is 1. The zero-order valence-corrected chi connectivity index (χ0v) is 11.5. The quantitative estimate of drug-likeness (QED) is 0.521. The van der Waals surface area contributed by atoms with Crippen molar-refractivity contribution in [1.29, 1.82) is 0 Å². The van der Waals surface area contributed by atoms with Crippen LogP contribution in [0, 0.1) is 10.1 Å². The molecule has 5 nitrogen and oxygen atoms in total. The highest BCUT2D eigenvalue weighted by Gasteiger charge is 2.09. The highest BCUT2D eigenvalue weighted by Crippen LogP contribution is 2.17. The fraction of sp³-hybridized carbons (Fsp3) is 0.143. The smallest absolute Gasteiger partial charge is 0.269 e. The Labute approximate surface area is 119 Å². The molecule has 2 aromatic carbocycles. The molecule has 104 valence electrons. The number of nitrogens with two attached hydrogens (primary N) is 1. The van der Waals surface area contributed by atoms with E-state index < -0.39 is 15.7 Å². The minimum atomic E-state index is -1.19. The van der Waals surface area contributed by atoms with E-state index in [9.17, 15) is 14.3 Å². The first-order valence-electron chi connectivity index (χ1n) is 6.04. The van der Waals surface area contributed by atoms with Crippen molar-refractivity contribution in [2.45, 2.75) is 11.3 Å². The number of aryl methyl sites for hydroxylation is 1. The van der Waals surface area contributed by atoms with Crippen LogP contribution in [0.2, 0.25) is 0 Å². The Bertz CT molecular complexity index is 641. The Morgan fingerprint density at radius 1 is 1.10 bits per heavy atom. The second-order valence-electron chi connectivity index (χ2n) is 4.25. The third-order valence-electron chi connectivity index (χ3n) is 2.92. The molecular weight excluding hydrogens is 276 g/mol. The van der Waals surface area contributed by atoms with Gasteiger partial charge >= 0.3 is 0 Å². The molecule has 2 rings (SSSR count). The van der Waals surface area contributed by atoms with Crippen molar-refractivity contribution in [1.82, 2.24) is 0 Å². The van der Waals surface area contributed by atoms with Crippen molar-refractivity contribution in [2.75, 3.05) is 11.5 Å². The van der Waals surface area contributed by atoms with Gasteiger partial charge in [-0.15, -0.1) is 0 Å². The molecule has 0 spiro atoms. The molecule has 0 heterocycles. The lowest BCUT2D eigenvalue weighted by molar-refractivity contribution is -0.384. The normalized spacial score (nSPS) is 12.0. The van der Waals surface area contributed by atoms with Crippen LogP contribution in [0.25, 0.3) is 0 Å². The van der Waals surface area contributed by atoms with Crippen LogP contribution in [-0.2, 0) is 17.2 Å². The number of hydrogen-bond acceptors (Lipinski definition) is 4. The average molecular weight is 290 g/mol. The van der Waals surface area contributed by atoms with Gasteiger partial charge in [-0.05, 0) is 30.2 Å². The fourth-order valence-electron chi connectivity index (χ4n) is 1.80. The summed E-state index contributed by atoms with van der Waals surface area (Å²) >= 11 is 0. The van der Waals surface area contributed by atoms with Crippen LogP contribution in [0.15, 0.2) is 53.4 Å². The van der Waals surface area contributed by atoms with Crippen molar-refractivity contribution in [3.63, 3.8) is 0 Å². The first-order chi connectivity index (χ1) is 9.58. The summed E-state index contributed by atoms with van der Waals surface area (Å²) in [6.45, 7) is 0. The number of non-ortho nitro benzene ring substituents is 1. The van der Waals surface area contributed by atoms with Crippen LogP contribution in [0.3, 0.4) is 0 Å². The first kappa shape index (κ1) is 14.2. The van der Waals surface area contributed by atoms with E-state index in [4.69, 9.17) is 5.73 Å². The molecule has 2 aromatic rings. The summed E-state index contributed by atoms with van der Waals surface area (Å²) < 4.78 is 12.1. The molecule has 6 heteroatoms. The summed E-state index contributed by atoms with van der Waals surface area (Å²) in [6, 6.07) is 13.2. The van der Waals surface area contributed by atoms with E-state index in [2.05, 4.69) is 0 Å². The van der Waals surface area contributed by atoms with Crippen LogP contribution >= 0.6 is 0 Å². The van der Waals surface area contributed by atoms with E-state index in [0.717, 1.165) is 5.56 Å². The molecular formula is C14H14N2O3S. The molecule has 0 fully saturated rings. The lowest BCUT2D eigenvalue weighted by Gasteiger charge is -2.05. The Morgan fingerprint density at radius 2 is 1.75 bits per heavy atom. The van der Waals surface area contributed by atoms with E-state index in [-0.39, 0.29) is 5.69 Å². The van der Waals surface area contributed by atoms with Crippen LogP contribution in [0.1, 0.15) is 5.56 Å². The van der Waals surface area contributed by atoms with E-state index >= 15 is 0 Å². The van der Waals surface area contributed by atoms with Crippen LogP contribution < -0.4 is 5.73 Å². The molecule has 0 amide bonds. The van der Waals surface area contributed by atoms with Gasteiger partial charge in [-0.3, -0.25) is 14.3 Å². The third-order valence-corrected chi connectivity index (χ3v) is 4.30. The van der Waals surface area contributed by atoms with Crippen molar-refractivity contribution in [3.8, 4) is 0 Å². The number of nitro benzene ring substituents is 1. The molecule has 0 saturated carbocycles. The molecule has 0 saturated heterocycles. The maximum absolute atomic E-state index is 12.1. The van der Waals surface area contributed by atoms with Gasteiger partial charge in [0.1, 0.15) is 0 Å². The Kier molecular flexibility index (Phi) is 4.47. The molecule has 1 atom stereocenters. The number of nitrogens with zero attached hydrogens (tertiary/aromatic N) is 1. The van der Waals surface area contributed by atoms with Crippen molar-refractivity contribution >= 4 is 22.2 Å². The number of hydrogen-bond donors (Lipinski definition) is 1. The van der Waals surface area contributed by atoms with E-state index in [1.165, 1.54) is 24.3 Å². The molecule has 1 unspecified atom stereocenters. The minimum Gasteiger partial charge on any atom is -0.399 e. The van der Waals surface area contributed by atoms with Crippen LogP contribution in [0.5, 0.6) is 0 Å². The third kappa shape index (κ3) is 3.42. The van der Waals surface area contributed by atoms with E-state index in [1.807, 2.05) is 24.3 Å². The van der Waals surface area contributed by atoms with Gasteiger partial charge in [0.15, 0.2) is 0 Å². The lowest BCUT2D eigenvalue weighted by atomic mass is 10.1. The highest BCUT2D eigenvalue weighted by molar-refractivity contribution is 7.85. The molecule has 0 aliphatic rings. The van der Waals surface area contributed by atoms with Crippen LogP contribution in [0.4, 0.5) is 11.4 Å². The van der Waals surface area contributed by atoms with Crippen molar-refractivity contribution < 1.29 is 9.13 Å². The molecule has 20 heavy (non-hydrogen) atoms. The number of benzene rings is 2. The predicted octanol–water partition coefficient (Wildman–Crippen LogP) is 2.53. The second kappa shape index (κ2) is 6.29. The summed E-state index contributed by atoms with van der Waals surface area (Å²) in [6.07, 6.45) is 0.607. The topological polar surface area (TPSA) is 86.2 Å². The zero-order chi connectivity index (χ0) is 14.5. The predicted molar refractivity (Wildman–Crippen MR) is 78.9 cm³/mol. The highest BCUT2D eigenvalue weighted by atomic mass is 32.2. The maximum atomic E-state index is 12.1. The summed E-state index contributed by atoms with van der Waals surface area (Å²) in [5.74, 6) is 0.437. The Balaban J connectivity index is 2.02. The summed E-state index contributed by atoms with van der Waals surface area (Å²) in [7, 11) is -1.19. The maximum Gasteiger partial charge on any atom is 0.269 e. The molecule has 0 aromatic heterocycles. The summed E-state index contributed by atoms with van der Waals surface area (Å²) in [5, 5.41) is 10.5. The Morgan fingerprint density at radius 3 is 2.35 bits per heavy atom. The largest absolute Gasteiger partial charge is 0.399 e. The van der Waals surface area contributed by atoms with Gasteiger partial charge in [0.25, 0.3) is 5.69 Å². The molecule has 0 aliphatic heterocycles. The second-order valence-corrected chi connectivity index (χ2v) is 5.82. The monoisotopic (exact) mass is 290 g/mol. The van der Waals surface area contributed by atoms with E-state index in [0.29, 0.717) is 22.8 Å². The summed E-state index contributed by atoms with van der Waals surface area (Å²) in [5.41, 5.74) is 7.47. The number of nitrogen functional groups attached to an aromatic ring is 1. The van der Waals surface area contributed by atoms with Gasteiger partial charge in [-0.1, -0.05) is 18.2 Å². The van der Waals surface area contributed by atoms with Gasteiger partial charge < -0.3 is 5.73 Å². The van der Waals surface area contributed by atoms with Gasteiger partial charge in [-0.25, -0.2) is 0 Å². The molecule has 0 aliphatic carbocycles. The van der Waals surface area contributed by atoms with Crippen molar-refractivity contribution in [3.05, 3.63) is 64.2 Å². The lowest BCUT2D eigenvalue weighted by Crippen LogP contribution is -2.04. The number of nitro groups is 1. The zero-order valence-electron chi connectivity index (χ0n) is 10.7. The Hall–Kier alpha value is -2.21. The van der Waals surface area contributed by atoms with Crippen molar-refractivity contribution in [2.24, 2.45) is 0 Å². The van der Waals surface area contributed by atoms with E-state index in [1.54, 1.807) is 0 Å².